The Hall–Kier alpha value is -0.700. The van der Waals surface area contributed by atoms with Gasteiger partial charge in [0.2, 0.25) is 0 Å². The molecule has 162 valence electrons. The van der Waals surface area contributed by atoms with E-state index in [4.69, 9.17) is 19.7 Å². The molecule has 0 aromatic rings. The van der Waals surface area contributed by atoms with E-state index in [1.54, 1.807) is 0 Å². The topological polar surface area (TPSA) is 129 Å². The molecule has 0 radical (unpaired) electrons. The van der Waals surface area contributed by atoms with Crippen LogP contribution >= 0.6 is 7.82 Å². The van der Waals surface area contributed by atoms with Crippen molar-refractivity contribution in [3.8, 4) is 0 Å². The number of rotatable bonds is 18. The Morgan fingerprint density at radius 2 is 1.70 bits per heavy atom. The molecule has 4 N–H and O–H groups in total. The van der Waals surface area contributed by atoms with E-state index in [1.165, 1.54) is 45.6 Å². The first-order chi connectivity index (χ1) is 12.9. The van der Waals surface area contributed by atoms with E-state index in [9.17, 15) is 14.3 Å². The zero-order valence-corrected chi connectivity index (χ0v) is 17.6. The lowest BCUT2D eigenvalue weighted by atomic mass is 10.1. The SMILES string of the molecule is CCCCCCCCCCNC(=O)OCC(COP(=O)(O)OCCN)OC. The summed E-state index contributed by atoms with van der Waals surface area (Å²) in [4.78, 5) is 21.0. The number of phosphoric ester groups is 1. The van der Waals surface area contributed by atoms with Crippen molar-refractivity contribution in [2.75, 3.05) is 40.0 Å². The quantitative estimate of drug-likeness (QED) is 0.231. The van der Waals surface area contributed by atoms with Gasteiger partial charge in [-0.3, -0.25) is 9.05 Å². The van der Waals surface area contributed by atoms with Crippen LogP contribution in [0.1, 0.15) is 58.3 Å². The number of amides is 1. The minimum Gasteiger partial charge on any atom is -0.447 e. The molecule has 2 atom stereocenters. The Morgan fingerprint density at radius 1 is 1.07 bits per heavy atom. The number of unbranched alkanes of at least 4 members (excludes halogenated alkanes) is 7. The molecule has 10 heteroatoms. The first-order valence-corrected chi connectivity index (χ1v) is 11.2. The maximum atomic E-state index is 11.6. The summed E-state index contributed by atoms with van der Waals surface area (Å²) < 4.78 is 31.0. The van der Waals surface area contributed by atoms with Gasteiger partial charge in [-0.25, -0.2) is 9.36 Å². The summed E-state index contributed by atoms with van der Waals surface area (Å²) in [6, 6.07) is 0. The van der Waals surface area contributed by atoms with E-state index in [1.807, 2.05) is 0 Å². The molecule has 0 fully saturated rings. The van der Waals surface area contributed by atoms with Crippen LogP contribution in [0.25, 0.3) is 0 Å². The molecule has 0 aliphatic rings. The van der Waals surface area contributed by atoms with Crippen molar-refractivity contribution in [1.82, 2.24) is 5.32 Å². The molecule has 0 saturated heterocycles. The fourth-order valence-corrected chi connectivity index (χ4v) is 3.00. The largest absolute Gasteiger partial charge is 0.472 e. The number of hydrogen-bond donors (Lipinski definition) is 3. The zero-order valence-electron chi connectivity index (χ0n) is 16.7. The highest BCUT2D eigenvalue weighted by Crippen LogP contribution is 2.42. The van der Waals surface area contributed by atoms with Crippen molar-refractivity contribution in [1.29, 1.82) is 0 Å². The van der Waals surface area contributed by atoms with Gasteiger partial charge in [0.15, 0.2) is 0 Å². The zero-order chi connectivity index (χ0) is 20.4. The van der Waals surface area contributed by atoms with Crippen LogP contribution in [-0.4, -0.2) is 57.1 Å². The van der Waals surface area contributed by atoms with Crippen LogP contribution in [0, 0.1) is 0 Å². The average molecular weight is 412 g/mol. The Kier molecular flexibility index (Phi) is 17.0. The molecule has 0 spiro atoms. The summed E-state index contributed by atoms with van der Waals surface area (Å²) in [7, 11) is -2.79. The lowest BCUT2D eigenvalue weighted by Crippen LogP contribution is -2.31. The number of carbonyl (C=O) groups excluding carboxylic acids is 1. The van der Waals surface area contributed by atoms with Crippen LogP contribution in [0.3, 0.4) is 0 Å². The van der Waals surface area contributed by atoms with Gasteiger partial charge in [-0.2, -0.15) is 0 Å². The molecule has 0 heterocycles. The third-order valence-electron chi connectivity index (χ3n) is 3.83. The molecule has 27 heavy (non-hydrogen) atoms. The number of phosphoric acid groups is 1. The first kappa shape index (κ1) is 26.3. The van der Waals surface area contributed by atoms with Crippen LogP contribution in [0.15, 0.2) is 0 Å². The van der Waals surface area contributed by atoms with Gasteiger partial charge in [0.25, 0.3) is 0 Å². The first-order valence-electron chi connectivity index (χ1n) is 9.70. The maximum Gasteiger partial charge on any atom is 0.472 e. The van der Waals surface area contributed by atoms with E-state index in [-0.39, 0.29) is 26.4 Å². The van der Waals surface area contributed by atoms with Gasteiger partial charge >= 0.3 is 13.9 Å². The molecule has 1 amide bonds. The van der Waals surface area contributed by atoms with E-state index in [2.05, 4.69) is 16.8 Å². The lowest BCUT2D eigenvalue weighted by molar-refractivity contribution is -0.00106. The Morgan fingerprint density at radius 3 is 2.30 bits per heavy atom. The smallest absolute Gasteiger partial charge is 0.447 e. The summed E-state index contributed by atoms with van der Waals surface area (Å²) in [5.74, 6) is 0. The highest BCUT2D eigenvalue weighted by molar-refractivity contribution is 7.47. The normalized spacial score (nSPS) is 14.5. The number of nitrogens with two attached hydrogens (primary N) is 1. The molecule has 0 aliphatic carbocycles. The number of ether oxygens (including phenoxy) is 2. The monoisotopic (exact) mass is 412 g/mol. The van der Waals surface area contributed by atoms with Crippen LogP contribution in [0.4, 0.5) is 4.79 Å². The van der Waals surface area contributed by atoms with Crippen LogP contribution in [0.5, 0.6) is 0 Å². The summed E-state index contributed by atoms with van der Waals surface area (Å²) in [5, 5.41) is 2.67. The molecule has 0 aromatic carbocycles. The van der Waals surface area contributed by atoms with Gasteiger partial charge in [0.1, 0.15) is 12.7 Å². The summed E-state index contributed by atoms with van der Waals surface area (Å²) in [6.45, 7) is 2.42. The highest BCUT2D eigenvalue weighted by atomic mass is 31.2. The van der Waals surface area contributed by atoms with Gasteiger partial charge in [0.05, 0.1) is 13.2 Å². The Labute approximate surface area is 162 Å². The van der Waals surface area contributed by atoms with Crippen LogP contribution in [-0.2, 0) is 23.1 Å². The van der Waals surface area contributed by atoms with Crippen molar-refractivity contribution < 1.29 is 32.8 Å². The fourth-order valence-electron chi connectivity index (χ4n) is 2.24. The van der Waals surface area contributed by atoms with Gasteiger partial charge in [-0.1, -0.05) is 51.9 Å². The molecule has 0 bridgehead atoms. The minimum atomic E-state index is -4.18. The molecule has 2 unspecified atom stereocenters. The number of methoxy groups -OCH3 is 1. The van der Waals surface area contributed by atoms with Crippen molar-refractivity contribution >= 4 is 13.9 Å². The molecule has 0 aliphatic heterocycles. The van der Waals surface area contributed by atoms with Crippen LogP contribution in [0.2, 0.25) is 0 Å². The van der Waals surface area contributed by atoms with Gasteiger partial charge in [-0.05, 0) is 6.42 Å². The van der Waals surface area contributed by atoms with Crippen molar-refractivity contribution in [2.45, 2.75) is 64.4 Å². The van der Waals surface area contributed by atoms with Gasteiger partial charge in [-0.15, -0.1) is 0 Å². The van der Waals surface area contributed by atoms with Crippen molar-refractivity contribution in [3.05, 3.63) is 0 Å². The second-order valence-corrected chi connectivity index (χ2v) is 7.70. The molecular formula is C17H37N2O7P. The third kappa shape index (κ3) is 17.1. The molecular weight excluding hydrogens is 375 g/mol. The van der Waals surface area contributed by atoms with E-state index in [0.29, 0.717) is 6.54 Å². The number of nitrogens with one attached hydrogen (secondary N) is 1. The number of hydrogen-bond acceptors (Lipinski definition) is 7. The predicted molar refractivity (Wildman–Crippen MR) is 104 cm³/mol. The standard InChI is InChI=1S/C17H37N2O7P/c1-3-4-5-6-7-8-9-10-12-19-17(20)24-14-16(23-2)15-26-27(21,22)25-13-11-18/h16H,3-15,18H2,1-2H3,(H,19,20)(H,21,22). The molecule has 0 aromatic heterocycles. The fraction of sp³-hybridized carbons (Fsp3) is 0.941. The molecule has 0 saturated carbocycles. The number of alkyl carbamates (subject to hydrolysis) is 1. The van der Waals surface area contributed by atoms with Crippen LogP contribution < -0.4 is 11.1 Å². The van der Waals surface area contributed by atoms with E-state index < -0.39 is 20.0 Å². The second kappa shape index (κ2) is 17.4. The average Bonchev–Trinajstić information content (AvgIpc) is 2.65. The molecule has 0 rings (SSSR count). The predicted octanol–water partition coefficient (Wildman–Crippen LogP) is 2.96. The van der Waals surface area contributed by atoms with E-state index >= 15 is 0 Å². The number of carbonyl (C=O) groups is 1. The third-order valence-corrected chi connectivity index (χ3v) is 4.81. The van der Waals surface area contributed by atoms with Gasteiger partial charge < -0.3 is 25.4 Å². The van der Waals surface area contributed by atoms with Gasteiger partial charge in [0, 0.05) is 20.2 Å². The summed E-state index contributed by atoms with van der Waals surface area (Å²) in [6.07, 6.45) is 8.31. The Balaban J connectivity index is 3.72. The Bertz CT molecular complexity index is 413. The van der Waals surface area contributed by atoms with E-state index in [0.717, 1.165) is 12.8 Å². The molecule has 9 nitrogen and oxygen atoms in total. The summed E-state index contributed by atoms with van der Waals surface area (Å²) >= 11 is 0. The maximum absolute atomic E-state index is 11.6. The second-order valence-electron chi connectivity index (χ2n) is 6.24. The summed E-state index contributed by atoms with van der Waals surface area (Å²) in [5.41, 5.74) is 5.19. The lowest BCUT2D eigenvalue weighted by Gasteiger charge is -2.18. The van der Waals surface area contributed by atoms with Crippen molar-refractivity contribution in [3.63, 3.8) is 0 Å². The minimum absolute atomic E-state index is 0.0942. The van der Waals surface area contributed by atoms with Crippen molar-refractivity contribution in [2.24, 2.45) is 5.73 Å². The highest BCUT2D eigenvalue weighted by Gasteiger charge is 2.23.